The van der Waals surface area contributed by atoms with Crippen molar-refractivity contribution in [3.63, 3.8) is 0 Å². The molecule has 1 aliphatic rings. The summed E-state index contributed by atoms with van der Waals surface area (Å²) in [7, 11) is 0. The molecule has 1 aromatic carbocycles. The molecule has 0 spiro atoms. The fourth-order valence-corrected chi connectivity index (χ4v) is 2.46. The van der Waals surface area contributed by atoms with Gasteiger partial charge in [0, 0.05) is 23.8 Å². The summed E-state index contributed by atoms with van der Waals surface area (Å²) < 4.78 is 2.08. The van der Waals surface area contributed by atoms with Crippen molar-refractivity contribution in [2.45, 2.75) is 45.7 Å². The van der Waals surface area contributed by atoms with Crippen LogP contribution in [0.25, 0.3) is 5.69 Å². The molecule has 1 N–H and O–H groups in total. The quantitative estimate of drug-likeness (QED) is 0.890. The number of hydrogen-bond acceptors (Lipinski definition) is 2. The Morgan fingerprint density at radius 3 is 2.89 bits per heavy atom. The molecule has 0 saturated heterocycles. The third-order valence-corrected chi connectivity index (χ3v) is 3.70. The molecule has 19 heavy (non-hydrogen) atoms. The van der Waals surface area contributed by atoms with Gasteiger partial charge in [0.1, 0.15) is 0 Å². The zero-order valence-corrected chi connectivity index (χ0v) is 11.7. The van der Waals surface area contributed by atoms with E-state index in [2.05, 4.69) is 53.2 Å². The van der Waals surface area contributed by atoms with Gasteiger partial charge in [-0.25, -0.2) is 4.68 Å². The monoisotopic (exact) mass is 255 g/mol. The number of benzene rings is 1. The van der Waals surface area contributed by atoms with Gasteiger partial charge >= 0.3 is 0 Å². The Bertz CT molecular complexity index is 567. The van der Waals surface area contributed by atoms with E-state index >= 15 is 0 Å². The van der Waals surface area contributed by atoms with Crippen LogP contribution in [0.2, 0.25) is 0 Å². The normalized spacial score (nSPS) is 14.8. The molecular formula is C16H21N3. The zero-order chi connectivity index (χ0) is 13.2. The van der Waals surface area contributed by atoms with Crippen LogP contribution in [-0.4, -0.2) is 15.8 Å². The standard InChI is InChI=1S/C16H21N3/c1-3-16-13(10-17-14-7-8-14)11-18-19(16)15-6-4-5-12(2)9-15/h4-6,9,11,14,17H,3,7-8,10H2,1-2H3. The summed E-state index contributed by atoms with van der Waals surface area (Å²) in [6, 6.07) is 9.26. The van der Waals surface area contributed by atoms with Gasteiger partial charge in [-0.05, 0) is 43.9 Å². The highest BCUT2D eigenvalue weighted by Gasteiger charge is 2.21. The second kappa shape index (κ2) is 5.17. The number of nitrogens with one attached hydrogen (secondary N) is 1. The van der Waals surface area contributed by atoms with Crippen LogP contribution >= 0.6 is 0 Å². The predicted molar refractivity (Wildman–Crippen MR) is 77.5 cm³/mol. The molecule has 1 fully saturated rings. The third kappa shape index (κ3) is 2.71. The Labute approximate surface area is 114 Å². The van der Waals surface area contributed by atoms with Gasteiger partial charge in [-0.3, -0.25) is 0 Å². The van der Waals surface area contributed by atoms with E-state index in [0.717, 1.165) is 24.7 Å². The van der Waals surface area contributed by atoms with Crippen LogP contribution in [0.4, 0.5) is 0 Å². The van der Waals surface area contributed by atoms with Crippen LogP contribution in [0.3, 0.4) is 0 Å². The number of aromatic nitrogens is 2. The highest BCUT2D eigenvalue weighted by atomic mass is 15.3. The molecule has 2 aromatic rings. The van der Waals surface area contributed by atoms with E-state index in [1.54, 1.807) is 0 Å². The van der Waals surface area contributed by atoms with Gasteiger partial charge in [-0.1, -0.05) is 19.1 Å². The van der Waals surface area contributed by atoms with Gasteiger partial charge < -0.3 is 5.32 Å². The van der Waals surface area contributed by atoms with Crippen molar-refractivity contribution in [1.82, 2.24) is 15.1 Å². The second-order valence-corrected chi connectivity index (χ2v) is 5.38. The minimum atomic E-state index is 0.743. The second-order valence-electron chi connectivity index (χ2n) is 5.38. The molecule has 0 aliphatic heterocycles. The Morgan fingerprint density at radius 1 is 1.37 bits per heavy atom. The third-order valence-electron chi connectivity index (χ3n) is 3.70. The van der Waals surface area contributed by atoms with Crippen molar-refractivity contribution >= 4 is 0 Å². The highest BCUT2D eigenvalue weighted by Crippen LogP contribution is 2.21. The average molecular weight is 255 g/mol. The van der Waals surface area contributed by atoms with E-state index in [1.165, 1.54) is 29.7 Å². The maximum atomic E-state index is 4.57. The fourth-order valence-electron chi connectivity index (χ4n) is 2.46. The molecule has 1 heterocycles. The Morgan fingerprint density at radius 2 is 2.21 bits per heavy atom. The summed E-state index contributed by atoms with van der Waals surface area (Å²) in [4.78, 5) is 0. The molecule has 0 amide bonds. The molecule has 3 heteroatoms. The number of rotatable bonds is 5. The Kier molecular flexibility index (Phi) is 3.38. The van der Waals surface area contributed by atoms with Gasteiger partial charge in [-0.2, -0.15) is 5.10 Å². The first-order valence-corrected chi connectivity index (χ1v) is 7.14. The summed E-state index contributed by atoms with van der Waals surface area (Å²) in [5.74, 6) is 0. The summed E-state index contributed by atoms with van der Waals surface area (Å²) in [6.45, 7) is 5.26. The van der Waals surface area contributed by atoms with Gasteiger partial charge in [0.25, 0.3) is 0 Å². The van der Waals surface area contributed by atoms with E-state index < -0.39 is 0 Å². The van der Waals surface area contributed by atoms with Gasteiger partial charge in [-0.15, -0.1) is 0 Å². The number of nitrogens with zero attached hydrogens (tertiary/aromatic N) is 2. The molecule has 3 rings (SSSR count). The first-order chi connectivity index (χ1) is 9.28. The molecule has 1 saturated carbocycles. The molecule has 1 aliphatic carbocycles. The first kappa shape index (κ1) is 12.4. The van der Waals surface area contributed by atoms with Crippen molar-refractivity contribution in [2.24, 2.45) is 0 Å². The van der Waals surface area contributed by atoms with Crippen LogP contribution in [0.15, 0.2) is 30.5 Å². The van der Waals surface area contributed by atoms with Crippen molar-refractivity contribution in [1.29, 1.82) is 0 Å². The largest absolute Gasteiger partial charge is 0.310 e. The predicted octanol–water partition coefficient (Wildman–Crippen LogP) is 3.00. The molecule has 1 aromatic heterocycles. The van der Waals surface area contributed by atoms with Gasteiger partial charge in [0.2, 0.25) is 0 Å². The van der Waals surface area contributed by atoms with Crippen LogP contribution in [0, 0.1) is 6.92 Å². The van der Waals surface area contributed by atoms with Crippen LogP contribution in [0.5, 0.6) is 0 Å². The zero-order valence-electron chi connectivity index (χ0n) is 11.7. The van der Waals surface area contributed by atoms with Crippen molar-refractivity contribution in [2.75, 3.05) is 0 Å². The molecule has 3 nitrogen and oxygen atoms in total. The Hall–Kier alpha value is -1.61. The lowest BCUT2D eigenvalue weighted by atomic mass is 10.2. The number of hydrogen-bond donors (Lipinski definition) is 1. The van der Waals surface area contributed by atoms with Gasteiger partial charge in [0.15, 0.2) is 0 Å². The maximum absolute atomic E-state index is 4.57. The topological polar surface area (TPSA) is 29.9 Å². The molecule has 0 bridgehead atoms. The van der Waals surface area contributed by atoms with Crippen LogP contribution in [0.1, 0.15) is 36.6 Å². The van der Waals surface area contributed by atoms with E-state index in [4.69, 9.17) is 0 Å². The van der Waals surface area contributed by atoms with Crippen molar-refractivity contribution in [3.8, 4) is 5.69 Å². The number of aryl methyl sites for hydroxylation is 1. The summed E-state index contributed by atoms with van der Waals surface area (Å²) >= 11 is 0. The van der Waals surface area contributed by atoms with Crippen LogP contribution < -0.4 is 5.32 Å². The van der Waals surface area contributed by atoms with Crippen molar-refractivity contribution in [3.05, 3.63) is 47.3 Å². The summed E-state index contributed by atoms with van der Waals surface area (Å²) in [5.41, 5.74) is 5.08. The van der Waals surface area contributed by atoms with Crippen molar-refractivity contribution < 1.29 is 0 Å². The van der Waals surface area contributed by atoms with E-state index in [1.807, 2.05) is 6.20 Å². The van der Waals surface area contributed by atoms with E-state index in [9.17, 15) is 0 Å². The molecule has 0 atom stereocenters. The fraction of sp³-hybridized carbons (Fsp3) is 0.438. The van der Waals surface area contributed by atoms with E-state index in [0.29, 0.717) is 0 Å². The van der Waals surface area contributed by atoms with E-state index in [-0.39, 0.29) is 0 Å². The molecule has 100 valence electrons. The van der Waals surface area contributed by atoms with Crippen LogP contribution in [-0.2, 0) is 13.0 Å². The minimum Gasteiger partial charge on any atom is -0.310 e. The highest BCUT2D eigenvalue weighted by molar-refractivity contribution is 5.38. The average Bonchev–Trinajstić information content (AvgIpc) is 3.15. The maximum Gasteiger partial charge on any atom is 0.0651 e. The SMILES string of the molecule is CCc1c(CNC2CC2)cnn1-c1cccc(C)c1. The first-order valence-electron chi connectivity index (χ1n) is 7.14. The lowest BCUT2D eigenvalue weighted by Crippen LogP contribution is -2.16. The summed E-state index contributed by atoms with van der Waals surface area (Å²) in [6.07, 6.45) is 5.67. The molecular weight excluding hydrogens is 234 g/mol. The smallest absolute Gasteiger partial charge is 0.0651 e. The molecule has 0 unspecified atom stereocenters. The minimum absolute atomic E-state index is 0.743. The molecule has 0 radical (unpaired) electrons. The summed E-state index contributed by atoms with van der Waals surface area (Å²) in [5, 5.41) is 8.14. The lowest BCUT2D eigenvalue weighted by molar-refractivity contribution is 0.680. The Balaban J connectivity index is 1.88. The lowest BCUT2D eigenvalue weighted by Gasteiger charge is -2.09. The van der Waals surface area contributed by atoms with Gasteiger partial charge in [0.05, 0.1) is 11.9 Å².